The summed E-state index contributed by atoms with van der Waals surface area (Å²) in [7, 11) is 0. The fourth-order valence-electron chi connectivity index (χ4n) is 4.20. The molecule has 1 saturated heterocycles. The molecule has 3 aromatic carbocycles. The van der Waals surface area contributed by atoms with Crippen molar-refractivity contribution in [3.8, 4) is 5.75 Å². The summed E-state index contributed by atoms with van der Waals surface area (Å²) in [4.78, 5) is 19.4. The minimum Gasteiger partial charge on any atom is -0.487 e. The highest BCUT2D eigenvalue weighted by atomic mass is 35.5. The van der Waals surface area contributed by atoms with Crippen molar-refractivity contribution in [3.05, 3.63) is 113 Å². The molecule has 0 bridgehead atoms. The van der Waals surface area contributed by atoms with E-state index in [1.54, 1.807) is 30.5 Å². The maximum atomic E-state index is 14.3. The molecule has 1 aliphatic rings. The Morgan fingerprint density at radius 2 is 1.85 bits per heavy atom. The van der Waals surface area contributed by atoms with Crippen molar-refractivity contribution in [2.24, 2.45) is 0 Å². The average Bonchev–Trinajstić information content (AvgIpc) is 2.97. The summed E-state index contributed by atoms with van der Waals surface area (Å²) in [5.41, 5.74) is 3.27. The number of nitrogens with zero attached hydrogens (tertiary/aromatic N) is 2. The molecule has 0 aliphatic carbocycles. The van der Waals surface area contributed by atoms with Crippen LogP contribution in [0.5, 0.6) is 5.75 Å². The molecule has 0 atom stereocenters. The molecular weight excluding hydrogens is 519 g/mol. The van der Waals surface area contributed by atoms with Crippen molar-refractivity contribution in [2.75, 3.05) is 41.8 Å². The van der Waals surface area contributed by atoms with Crippen molar-refractivity contribution < 1.29 is 18.7 Å². The molecule has 2 N–H and O–H groups in total. The van der Waals surface area contributed by atoms with Gasteiger partial charge in [-0.25, -0.2) is 9.37 Å². The Morgan fingerprint density at radius 1 is 1.03 bits per heavy atom. The first-order chi connectivity index (χ1) is 19.0. The van der Waals surface area contributed by atoms with Crippen LogP contribution in [0.3, 0.4) is 0 Å². The number of rotatable bonds is 9. The second-order valence-corrected chi connectivity index (χ2v) is 9.47. The first-order valence-electron chi connectivity index (χ1n) is 12.6. The van der Waals surface area contributed by atoms with E-state index >= 15 is 0 Å². The van der Waals surface area contributed by atoms with Gasteiger partial charge in [0.2, 0.25) is 0 Å². The zero-order valence-corrected chi connectivity index (χ0v) is 22.0. The van der Waals surface area contributed by atoms with Crippen LogP contribution >= 0.6 is 11.6 Å². The van der Waals surface area contributed by atoms with Crippen molar-refractivity contribution in [1.29, 1.82) is 0 Å². The zero-order chi connectivity index (χ0) is 27.0. The highest BCUT2D eigenvalue weighted by Crippen LogP contribution is 2.25. The summed E-state index contributed by atoms with van der Waals surface area (Å²) in [6.45, 7) is 3.29. The van der Waals surface area contributed by atoms with Gasteiger partial charge in [-0.3, -0.25) is 4.79 Å². The van der Waals surface area contributed by atoms with Crippen LogP contribution in [-0.4, -0.2) is 37.2 Å². The van der Waals surface area contributed by atoms with Crippen LogP contribution in [0.25, 0.3) is 0 Å². The van der Waals surface area contributed by atoms with E-state index in [-0.39, 0.29) is 12.2 Å². The Morgan fingerprint density at radius 3 is 2.62 bits per heavy atom. The second kappa shape index (κ2) is 12.6. The molecule has 9 heteroatoms. The molecule has 4 aromatic rings. The third kappa shape index (κ3) is 7.25. The summed E-state index contributed by atoms with van der Waals surface area (Å²) in [6.07, 6.45) is 1.64. The van der Waals surface area contributed by atoms with Gasteiger partial charge < -0.3 is 25.0 Å². The first-order valence-corrected chi connectivity index (χ1v) is 13.0. The van der Waals surface area contributed by atoms with E-state index in [1.165, 1.54) is 12.1 Å². The standard InChI is InChI=1S/C30H28ClFN4O3/c31-28-8-6-25(35-30(37)22-14-24(32)17-26(16-22)36-10-12-38-13-11-36)15-23(28)20-39-27-7-9-29(34-19-27)33-18-21-4-2-1-3-5-21/h1-9,14-17,19H,10-13,18,20H2,(H,33,34)(H,35,37). The number of hydrogen-bond donors (Lipinski definition) is 2. The van der Waals surface area contributed by atoms with Gasteiger partial charge >= 0.3 is 0 Å². The van der Waals surface area contributed by atoms with Gasteiger partial charge in [0.15, 0.2) is 0 Å². The van der Waals surface area contributed by atoms with Gasteiger partial charge in [0, 0.05) is 47.2 Å². The minimum atomic E-state index is -0.468. The molecule has 0 spiro atoms. The van der Waals surface area contributed by atoms with Crippen molar-refractivity contribution >= 4 is 34.7 Å². The SMILES string of the molecule is O=C(Nc1ccc(Cl)c(COc2ccc(NCc3ccccc3)nc2)c1)c1cc(F)cc(N2CCOCC2)c1. The predicted molar refractivity (Wildman–Crippen MR) is 151 cm³/mol. The summed E-state index contributed by atoms with van der Waals surface area (Å²) < 4.78 is 25.6. The Hall–Kier alpha value is -4.14. The third-order valence-corrected chi connectivity index (χ3v) is 6.64. The van der Waals surface area contributed by atoms with Crippen molar-refractivity contribution in [2.45, 2.75) is 13.2 Å². The Labute approximate surface area is 231 Å². The molecule has 200 valence electrons. The molecule has 1 aromatic heterocycles. The third-order valence-electron chi connectivity index (χ3n) is 6.27. The summed E-state index contributed by atoms with van der Waals surface area (Å²) >= 11 is 6.38. The van der Waals surface area contributed by atoms with Crippen molar-refractivity contribution in [3.63, 3.8) is 0 Å². The topological polar surface area (TPSA) is 75.7 Å². The molecule has 1 fully saturated rings. The Balaban J connectivity index is 1.19. The van der Waals surface area contributed by atoms with Gasteiger partial charge in [0.1, 0.15) is 24.0 Å². The van der Waals surface area contributed by atoms with Crippen LogP contribution in [-0.2, 0) is 17.9 Å². The normalized spacial score (nSPS) is 13.1. The second-order valence-electron chi connectivity index (χ2n) is 9.06. The molecule has 1 amide bonds. The summed E-state index contributed by atoms with van der Waals surface area (Å²) in [5.74, 6) is 0.439. The molecule has 0 unspecified atom stereocenters. The van der Waals surface area contributed by atoms with Gasteiger partial charge in [0.25, 0.3) is 5.91 Å². The van der Waals surface area contributed by atoms with Gasteiger partial charge in [-0.1, -0.05) is 41.9 Å². The molecule has 0 saturated carbocycles. The molecule has 7 nitrogen and oxygen atoms in total. The lowest BCUT2D eigenvalue weighted by Gasteiger charge is -2.29. The molecule has 0 radical (unpaired) electrons. The smallest absolute Gasteiger partial charge is 0.255 e. The van der Waals surface area contributed by atoms with Crippen LogP contribution in [0, 0.1) is 5.82 Å². The van der Waals surface area contributed by atoms with E-state index < -0.39 is 11.7 Å². The highest BCUT2D eigenvalue weighted by molar-refractivity contribution is 6.31. The predicted octanol–water partition coefficient (Wildman–Crippen LogP) is 6.15. The van der Waals surface area contributed by atoms with Crippen LogP contribution < -0.4 is 20.3 Å². The Kier molecular flexibility index (Phi) is 8.55. The van der Waals surface area contributed by atoms with Gasteiger partial charge in [-0.15, -0.1) is 0 Å². The zero-order valence-electron chi connectivity index (χ0n) is 21.2. The maximum absolute atomic E-state index is 14.3. The number of amides is 1. The number of aromatic nitrogens is 1. The van der Waals surface area contributed by atoms with Gasteiger partial charge in [-0.05, 0) is 54.1 Å². The number of nitrogens with one attached hydrogen (secondary N) is 2. The lowest BCUT2D eigenvalue weighted by molar-refractivity contribution is 0.102. The van der Waals surface area contributed by atoms with Crippen LogP contribution in [0.15, 0.2) is 85.1 Å². The lowest BCUT2D eigenvalue weighted by atomic mass is 10.1. The molecular formula is C30H28ClFN4O3. The van der Waals surface area contributed by atoms with Crippen LogP contribution in [0.4, 0.5) is 21.6 Å². The van der Waals surface area contributed by atoms with Crippen LogP contribution in [0.2, 0.25) is 5.02 Å². The first kappa shape index (κ1) is 26.5. The van der Waals surface area contributed by atoms with E-state index in [2.05, 4.69) is 15.6 Å². The average molecular weight is 547 g/mol. The Bertz CT molecular complexity index is 1410. The van der Waals surface area contributed by atoms with E-state index in [9.17, 15) is 9.18 Å². The highest BCUT2D eigenvalue weighted by Gasteiger charge is 2.16. The number of pyridine rings is 1. The van der Waals surface area contributed by atoms with E-state index in [4.69, 9.17) is 21.1 Å². The monoisotopic (exact) mass is 546 g/mol. The molecule has 39 heavy (non-hydrogen) atoms. The number of carbonyl (C=O) groups is 1. The largest absolute Gasteiger partial charge is 0.487 e. The molecule has 2 heterocycles. The number of carbonyl (C=O) groups excluding carboxylic acids is 1. The molecule has 1 aliphatic heterocycles. The summed E-state index contributed by atoms with van der Waals surface area (Å²) in [6, 6.07) is 23.2. The quantitative estimate of drug-likeness (QED) is 0.262. The van der Waals surface area contributed by atoms with E-state index in [0.717, 1.165) is 11.4 Å². The number of hydrogen-bond acceptors (Lipinski definition) is 6. The molecule has 5 rings (SSSR count). The van der Waals surface area contributed by atoms with Gasteiger partial charge in [0.05, 0.1) is 19.4 Å². The number of benzene rings is 3. The van der Waals surface area contributed by atoms with Crippen LogP contribution in [0.1, 0.15) is 21.5 Å². The van der Waals surface area contributed by atoms with E-state index in [0.29, 0.717) is 60.6 Å². The summed E-state index contributed by atoms with van der Waals surface area (Å²) in [5, 5.41) is 6.61. The van der Waals surface area contributed by atoms with Crippen molar-refractivity contribution in [1.82, 2.24) is 4.98 Å². The number of morpholine rings is 1. The fourth-order valence-corrected chi connectivity index (χ4v) is 4.37. The lowest BCUT2D eigenvalue weighted by Crippen LogP contribution is -2.36. The fraction of sp³-hybridized carbons (Fsp3) is 0.200. The minimum absolute atomic E-state index is 0.183. The maximum Gasteiger partial charge on any atom is 0.255 e. The number of halogens is 2. The number of anilines is 3. The van der Waals surface area contributed by atoms with E-state index in [1.807, 2.05) is 47.4 Å². The number of ether oxygens (including phenoxy) is 2. The van der Waals surface area contributed by atoms with Gasteiger partial charge in [-0.2, -0.15) is 0 Å².